The molecule has 5 heteroatoms. The number of benzene rings is 2. The molecule has 3 rings (SSSR count). The molecule has 1 aliphatic heterocycles. The van der Waals surface area contributed by atoms with Gasteiger partial charge in [-0.25, -0.2) is 4.79 Å². The standard InChI is InChI=1S/C16H14ClNO3/c17-12-6-5-11(13(9-12)16(19)20)10-18-7-8-21-15-4-2-1-3-14(15)18/h1-6,9H,7-8,10H2,(H,19,20). The Bertz CT molecular complexity index is 687. The molecule has 108 valence electrons. The number of anilines is 1. The van der Waals surface area contributed by atoms with Crippen molar-refractivity contribution < 1.29 is 14.6 Å². The van der Waals surface area contributed by atoms with E-state index in [9.17, 15) is 9.90 Å². The maximum absolute atomic E-state index is 11.4. The molecule has 21 heavy (non-hydrogen) atoms. The number of carbonyl (C=O) groups is 1. The third kappa shape index (κ3) is 2.81. The van der Waals surface area contributed by atoms with Crippen molar-refractivity contribution in [2.24, 2.45) is 0 Å². The van der Waals surface area contributed by atoms with Crippen molar-refractivity contribution >= 4 is 23.3 Å². The lowest BCUT2D eigenvalue weighted by Crippen LogP contribution is -2.32. The summed E-state index contributed by atoms with van der Waals surface area (Å²) in [5.74, 6) is -0.136. The topological polar surface area (TPSA) is 49.8 Å². The highest BCUT2D eigenvalue weighted by Gasteiger charge is 2.20. The van der Waals surface area contributed by atoms with Gasteiger partial charge in [-0.05, 0) is 29.8 Å². The number of ether oxygens (including phenoxy) is 1. The van der Waals surface area contributed by atoms with Crippen LogP contribution < -0.4 is 9.64 Å². The van der Waals surface area contributed by atoms with E-state index in [0.717, 1.165) is 23.5 Å². The van der Waals surface area contributed by atoms with Gasteiger partial charge in [0, 0.05) is 11.6 Å². The van der Waals surface area contributed by atoms with Gasteiger partial charge in [0.1, 0.15) is 12.4 Å². The Balaban J connectivity index is 1.93. The molecule has 1 N–H and O–H groups in total. The van der Waals surface area contributed by atoms with Crippen molar-refractivity contribution in [3.8, 4) is 5.75 Å². The van der Waals surface area contributed by atoms with Crippen molar-refractivity contribution in [2.75, 3.05) is 18.1 Å². The molecular weight excluding hydrogens is 290 g/mol. The second-order valence-electron chi connectivity index (χ2n) is 4.84. The molecule has 2 aromatic carbocycles. The van der Waals surface area contributed by atoms with Crippen LogP contribution in [0.4, 0.5) is 5.69 Å². The van der Waals surface area contributed by atoms with Gasteiger partial charge < -0.3 is 14.7 Å². The van der Waals surface area contributed by atoms with Crippen molar-refractivity contribution in [1.82, 2.24) is 0 Å². The first-order valence-electron chi connectivity index (χ1n) is 6.63. The fourth-order valence-electron chi connectivity index (χ4n) is 2.48. The molecule has 0 radical (unpaired) electrons. The van der Waals surface area contributed by atoms with Crippen LogP contribution >= 0.6 is 11.6 Å². The van der Waals surface area contributed by atoms with Crippen molar-refractivity contribution in [1.29, 1.82) is 0 Å². The van der Waals surface area contributed by atoms with E-state index in [1.54, 1.807) is 12.1 Å². The molecule has 1 heterocycles. The summed E-state index contributed by atoms with van der Waals surface area (Å²) in [6.45, 7) is 1.82. The van der Waals surface area contributed by atoms with Crippen molar-refractivity contribution in [2.45, 2.75) is 6.54 Å². The normalized spacial score (nSPS) is 13.5. The van der Waals surface area contributed by atoms with Crippen LogP contribution in [0.2, 0.25) is 5.02 Å². The Hall–Kier alpha value is -2.20. The van der Waals surface area contributed by atoms with Crippen LogP contribution in [0.5, 0.6) is 5.75 Å². The molecular formula is C16H14ClNO3. The fraction of sp³-hybridized carbons (Fsp3) is 0.188. The number of halogens is 1. The molecule has 0 amide bonds. The summed E-state index contributed by atoms with van der Waals surface area (Å²) in [5, 5.41) is 9.74. The molecule has 0 fully saturated rings. The molecule has 0 saturated heterocycles. The highest BCUT2D eigenvalue weighted by molar-refractivity contribution is 6.30. The van der Waals surface area contributed by atoms with E-state index in [2.05, 4.69) is 4.90 Å². The Kier molecular flexibility index (Phi) is 3.71. The lowest BCUT2D eigenvalue weighted by molar-refractivity contribution is 0.0695. The third-order valence-electron chi connectivity index (χ3n) is 3.49. The average Bonchev–Trinajstić information content (AvgIpc) is 2.49. The lowest BCUT2D eigenvalue weighted by Gasteiger charge is -2.31. The number of hydrogen-bond acceptors (Lipinski definition) is 3. The summed E-state index contributed by atoms with van der Waals surface area (Å²) >= 11 is 5.89. The monoisotopic (exact) mass is 303 g/mol. The van der Waals surface area contributed by atoms with Crippen LogP contribution in [0.15, 0.2) is 42.5 Å². The molecule has 0 spiro atoms. The Morgan fingerprint density at radius 2 is 2.10 bits per heavy atom. The molecule has 0 saturated carbocycles. The van der Waals surface area contributed by atoms with Crippen molar-refractivity contribution in [3.63, 3.8) is 0 Å². The predicted octanol–water partition coefficient (Wildman–Crippen LogP) is 3.44. The zero-order chi connectivity index (χ0) is 14.8. The zero-order valence-electron chi connectivity index (χ0n) is 11.3. The molecule has 2 aromatic rings. The maximum Gasteiger partial charge on any atom is 0.336 e. The summed E-state index contributed by atoms with van der Waals surface area (Å²) < 4.78 is 5.61. The van der Waals surface area contributed by atoms with Gasteiger partial charge in [-0.15, -0.1) is 0 Å². The molecule has 1 aliphatic rings. The first-order valence-corrected chi connectivity index (χ1v) is 7.01. The van der Waals surface area contributed by atoms with Gasteiger partial charge in [0.25, 0.3) is 0 Å². The maximum atomic E-state index is 11.4. The number of carboxylic acid groups (broad SMARTS) is 1. The highest BCUT2D eigenvalue weighted by atomic mass is 35.5. The number of fused-ring (bicyclic) bond motifs is 1. The number of rotatable bonds is 3. The summed E-state index contributed by atoms with van der Waals surface area (Å²) in [6, 6.07) is 12.7. The average molecular weight is 304 g/mol. The smallest absolute Gasteiger partial charge is 0.336 e. The molecule has 0 bridgehead atoms. The summed E-state index contributed by atoms with van der Waals surface area (Å²) in [5.41, 5.74) is 1.96. The fourth-order valence-corrected chi connectivity index (χ4v) is 2.65. The lowest BCUT2D eigenvalue weighted by atomic mass is 10.1. The third-order valence-corrected chi connectivity index (χ3v) is 3.72. The summed E-state index contributed by atoms with van der Waals surface area (Å²) in [6.07, 6.45) is 0. The zero-order valence-corrected chi connectivity index (χ0v) is 12.0. The molecule has 4 nitrogen and oxygen atoms in total. The van der Waals surface area contributed by atoms with E-state index >= 15 is 0 Å². The van der Waals surface area contributed by atoms with Crippen LogP contribution in [-0.4, -0.2) is 24.2 Å². The van der Waals surface area contributed by atoms with E-state index in [1.807, 2.05) is 24.3 Å². The summed E-state index contributed by atoms with van der Waals surface area (Å²) in [7, 11) is 0. The first-order chi connectivity index (χ1) is 10.1. The summed E-state index contributed by atoms with van der Waals surface area (Å²) in [4.78, 5) is 13.5. The minimum atomic E-state index is -0.964. The molecule has 0 unspecified atom stereocenters. The van der Waals surface area contributed by atoms with Crippen molar-refractivity contribution in [3.05, 3.63) is 58.6 Å². The minimum Gasteiger partial charge on any atom is -0.490 e. The second kappa shape index (κ2) is 5.66. The second-order valence-corrected chi connectivity index (χ2v) is 5.28. The van der Waals surface area contributed by atoms with Gasteiger partial charge >= 0.3 is 5.97 Å². The largest absolute Gasteiger partial charge is 0.490 e. The number of para-hydroxylation sites is 2. The highest BCUT2D eigenvalue weighted by Crippen LogP contribution is 2.32. The van der Waals surface area contributed by atoms with Crippen LogP contribution in [0.3, 0.4) is 0 Å². The molecule has 0 aliphatic carbocycles. The van der Waals surface area contributed by atoms with Gasteiger partial charge in [-0.2, -0.15) is 0 Å². The van der Waals surface area contributed by atoms with E-state index in [-0.39, 0.29) is 5.56 Å². The van der Waals surface area contributed by atoms with E-state index in [0.29, 0.717) is 18.2 Å². The van der Waals surface area contributed by atoms with Gasteiger partial charge in [0.05, 0.1) is 17.8 Å². The quantitative estimate of drug-likeness (QED) is 0.943. The SMILES string of the molecule is O=C(O)c1cc(Cl)ccc1CN1CCOc2ccccc21. The van der Waals surface area contributed by atoms with Gasteiger partial charge in [0.15, 0.2) is 0 Å². The van der Waals surface area contributed by atoms with Crippen LogP contribution in [-0.2, 0) is 6.54 Å². The predicted molar refractivity (Wildman–Crippen MR) is 81.4 cm³/mol. The number of hydrogen-bond donors (Lipinski definition) is 1. The minimum absolute atomic E-state index is 0.242. The Labute approximate surface area is 127 Å². The first kappa shape index (κ1) is 13.8. The van der Waals surface area contributed by atoms with E-state index < -0.39 is 5.97 Å². The van der Waals surface area contributed by atoms with Gasteiger partial charge in [0.2, 0.25) is 0 Å². The number of carboxylic acids is 1. The number of nitrogens with zero attached hydrogens (tertiary/aromatic N) is 1. The molecule has 0 atom stereocenters. The van der Waals surface area contributed by atoms with E-state index in [1.165, 1.54) is 6.07 Å². The Morgan fingerprint density at radius 3 is 2.90 bits per heavy atom. The van der Waals surface area contributed by atoms with E-state index in [4.69, 9.17) is 16.3 Å². The molecule has 0 aromatic heterocycles. The Morgan fingerprint density at radius 1 is 1.29 bits per heavy atom. The van der Waals surface area contributed by atoms with Gasteiger partial charge in [-0.1, -0.05) is 29.8 Å². The van der Waals surface area contributed by atoms with Gasteiger partial charge in [-0.3, -0.25) is 0 Å². The number of aromatic carboxylic acids is 1. The van der Waals surface area contributed by atoms with Crippen LogP contribution in [0.25, 0.3) is 0 Å². The van der Waals surface area contributed by atoms with Crippen LogP contribution in [0.1, 0.15) is 15.9 Å². The van der Waals surface area contributed by atoms with Crippen LogP contribution in [0, 0.1) is 0 Å².